The zero-order chi connectivity index (χ0) is 20.0. The summed E-state index contributed by atoms with van der Waals surface area (Å²) in [6, 6.07) is 12.0. The summed E-state index contributed by atoms with van der Waals surface area (Å²) in [4.78, 5) is 4.85. The summed E-state index contributed by atoms with van der Waals surface area (Å²) in [5, 5.41) is 12.3. The highest BCUT2D eigenvalue weighted by Crippen LogP contribution is 2.54. The van der Waals surface area contributed by atoms with Crippen LogP contribution in [0, 0.1) is 5.41 Å². The molecular formula is C22H23N5O2. The predicted molar refractivity (Wildman–Crippen MR) is 110 cm³/mol. The van der Waals surface area contributed by atoms with Crippen LogP contribution in [-0.4, -0.2) is 27.0 Å². The fraction of sp³-hybridized carbons (Fsp3) is 0.318. The molecule has 1 atom stereocenters. The van der Waals surface area contributed by atoms with Crippen LogP contribution in [0.15, 0.2) is 57.9 Å². The van der Waals surface area contributed by atoms with Crippen molar-refractivity contribution in [2.45, 2.75) is 32.7 Å². The number of nitrogens with zero attached hydrogens (tertiary/aromatic N) is 4. The lowest BCUT2D eigenvalue weighted by molar-refractivity contribution is 0.333. The standard InChI is InChI=1S/C22H23N5O2/c1-14(22(2)9-10-22)27-21(18-12-19(29-26-18)16-8-11-28-13-16)24-20(25-27)15-4-6-17(23-3)7-5-15/h4-8,11-14,23H,9-10H2,1-3H3. The van der Waals surface area contributed by atoms with Gasteiger partial charge in [0.1, 0.15) is 6.26 Å². The molecule has 7 heteroatoms. The van der Waals surface area contributed by atoms with Crippen LogP contribution in [-0.2, 0) is 0 Å². The van der Waals surface area contributed by atoms with Crippen molar-refractivity contribution in [1.29, 1.82) is 0 Å². The second kappa shape index (κ2) is 6.62. The predicted octanol–water partition coefficient (Wildman–Crippen LogP) is 5.26. The highest BCUT2D eigenvalue weighted by Gasteiger charge is 2.45. The lowest BCUT2D eigenvalue weighted by Crippen LogP contribution is -2.17. The maximum absolute atomic E-state index is 5.55. The SMILES string of the molecule is CNc1ccc(-c2nc(-c3cc(-c4ccoc4)on3)n(C(C)C3(C)CC3)n2)cc1. The van der Waals surface area contributed by atoms with Crippen molar-refractivity contribution in [3.63, 3.8) is 0 Å². The topological polar surface area (TPSA) is 81.9 Å². The van der Waals surface area contributed by atoms with Gasteiger partial charge in [0.15, 0.2) is 23.1 Å². The molecule has 3 heterocycles. The molecule has 1 aliphatic rings. The van der Waals surface area contributed by atoms with Crippen LogP contribution in [0.2, 0.25) is 0 Å². The maximum Gasteiger partial charge on any atom is 0.181 e. The first-order chi connectivity index (χ1) is 14.1. The molecule has 1 fully saturated rings. The van der Waals surface area contributed by atoms with E-state index in [1.165, 1.54) is 12.8 Å². The van der Waals surface area contributed by atoms with Gasteiger partial charge in [0.2, 0.25) is 0 Å². The molecule has 0 bridgehead atoms. The Labute approximate surface area is 168 Å². The minimum atomic E-state index is 0.212. The molecule has 0 radical (unpaired) electrons. The lowest BCUT2D eigenvalue weighted by atomic mass is 10.0. The summed E-state index contributed by atoms with van der Waals surface area (Å²) in [6.45, 7) is 4.50. The summed E-state index contributed by atoms with van der Waals surface area (Å²) >= 11 is 0. The molecule has 0 amide bonds. The molecule has 1 unspecified atom stereocenters. The van der Waals surface area contributed by atoms with Gasteiger partial charge in [0.25, 0.3) is 0 Å². The first-order valence-electron chi connectivity index (χ1n) is 9.82. The van der Waals surface area contributed by atoms with Gasteiger partial charge in [-0.3, -0.25) is 0 Å². The molecule has 0 aliphatic heterocycles. The van der Waals surface area contributed by atoms with Crippen LogP contribution < -0.4 is 5.32 Å². The Morgan fingerprint density at radius 2 is 1.93 bits per heavy atom. The first kappa shape index (κ1) is 17.7. The monoisotopic (exact) mass is 389 g/mol. The molecule has 1 aliphatic carbocycles. The third-order valence-electron chi connectivity index (χ3n) is 6.02. The number of benzene rings is 1. The molecule has 0 spiro atoms. The van der Waals surface area contributed by atoms with Gasteiger partial charge in [-0.25, -0.2) is 9.67 Å². The third kappa shape index (κ3) is 3.12. The molecule has 29 heavy (non-hydrogen) atoms. The van der Waals surface area contributed by atoms with Gasteiger partial charge in [-0.2, -0.15) is 5.10 Å². The molecular weight excluding hydrogens is 366 g/mol. The highest BCUT2D eigenvalue weighted by molar-refractivity contribution is 5.65. The van der Waals surface area contributed by atoms with E-state index in [2.05, 4.69) is 24.3 Å². The highest BCUT2D eigenvalue weighted by atomic mass is 16.5. The lowest BCUT2D eigenvalue weighted by Gasteiger charge is -2.20. The number of aromatic nitrogens is 4. The van der Waals surface area contributed by atoms with Crippen molar-refractivity contribution in [2.75, 3.05) is 12.4 Å². The van der Waals surface area contributed by atoms with Crippen LogP contribution in [0.25, 0.3) is 34.2 Å². The van der Waals surface area contributed by atoms with E-state index in [0.29, 0.717) is 17.3 Å². The summed E-state index contributed by atoms with van der Waals surface area (Å²) in [5.74, 6) is 2.05. The zero-order valence-electron chi connectivity index (χ0n) is 16.7. The van der Waals surface area contributed by atoms with Crippen molar-refractivity contribution < 1.29 is 8.94 Å². The van der Waals surface area contributed by atoms with Gasteiger partial charge in [0, 0.05) is 24.4 Å². The van der Waals surface area contributed by atoms with Crippen molar-refractivity contribution in [3.8, 4) is 34.2 Å². The van der Waals surface area contributed by atoms with E-state index in [4.69, 9.17) is 19.0 Å². The number of furan rings is 1. The second-order valence-corrected chi connectivity index (χ2v) is 7.95. The minimum Gasteiger partial charge on any atom is -0.472 e. The summed E-state index contributed by atoms with van der Waals surface area (Å²) in [7, 11) is 1.90. The van der Waals surface area contributed by atoms with Gasteiger partial charge in [0.05, 0.1) is 17.9 Å². The van der Waals surface area contributed by atoms with Gasteiger partial charge >= 0.3 is 0 Å². The average Bonchev–Trinajstić information content (AvgIpc) is 3.22. The molecule has 1 aromatic carbocycles. The Balaban J connectivity index is 1.58. The van der Waals surface area contributed by atoms with E-state index >= 15 is 0 Å². The van der Waals surface area contributed by atoms with Crippen LogP contribution >= 0.6 is 0 Å². The van der Waals surface area contributed by atoms with Crippen LogP contribution in [0.5, 0.6) is 0 Å². The largest absolute Gasteiger partial charge is 0.472 e. The Kier molecular flexibility index (Phi) is 4.04. The van der Waals surface area contributed by atoms with Gasteiger partial charge < -0.3 is 14.3 Å². The van der Waals surface area contributed by atoms with Crippen molar-refractivity contribution >= 4 is 5.69 Å². The molecule has 3 aromatic heterocycles. The third-order valence-corrected chi connectivity index (χ3v) is 6.02. The Hall–Kier alpha value is -3.35. The minimum absolute atomic E-state index is 0.212. The van der Waals surface area contributed by atoms with Gasteiger partial charge in [-0.15, -0.1) is 0 Å². The number of hydrogen-bond acceptors (Lipinski definition) is 6. The number of rotatable bonds is 6. The second-order valence-electron chi connectivity index (χ2n) is 7.95. The Morgan fingerprint density at radius 3 is 2.59 bits per heavy atom. The molecule has 4 aromatic rings. The van der Waals surface area contributed by atoms with E-state index in [-0.39, 0.29) is 11.5 Å². The van der Waals surface area contributed by atoms with Crippen molar-refractivity contribution in [2.24, 2.45) is 5.41 Å². The quantitative estimate of drug-likeness (QED) is 0.484. The van der Waals surface area contributed by atoms with Crippen molar-refractivity contribution in [1.82, 2.24) is 19.9 Å². The average molecular weight is 389 g/mol. The number of nitrogens with one attached hydrogen (secondary N) is 1. The molecule has 5 rings (SSSR count). The normalized spacial score (nSPS) is 16.0. The van der Waals surface area contributed by atoms with Crippen molar-refractivity contribution in [3.05, 3.63) is 48.9 Å². The van der Waals surface area contributed by atoms with E-state index in [1.807, 2.05) is 48.1 Å². The smallest absolute Gasteiger partial charge is 0.181 e. The molecule has 0 saturated heterocycles. The fourth-order valence-electron chi connectivity index (χ4n) is 3.51. The van der Waals surface area contributed by atoms with Crippen LogP contribution in [0.3, 0.4) is 0 Å². The van der Waals surface area contributed by atoms with E-state index in [1.54, 1.807) is 12.5 Å². The zero-order valence-corrected chi connectivity index (χ0v) is 16.7. The summed E-state index contributed by atoms with van der Waals surface area (Å²) < 4.78 is 12.7. The number of hydrogen-bond donors (Lipinski definition) is 1. The number of anilines is 1. The van der Waals surface area contributed by atoms with E-state index in [0.717, 1.165) is 22.6 Å². The fourth-order valence-corrected chi connectivity index (χ4v) is 3.51. The first-order valence-corrected chi connectivity index (χ1v) is 9.82. The summed E-state index contributed by atoms with van der Waals surface area (Å²) in [6.07, 6.45) is 5.64. The van der Waals surface area contributed by atoms with Crippen LogP contribution in [0.1, 0.15) is 32.7 Å². The van der Waals surface area contributed by atoms with E-state index in [9.17, 15) is 0 Å². The molecule has 7 nitrogen and oxygen atoms in total. The molecule has 1 N–H and O–H groups in total. The summed E-state index contributed by atoms with van der Waals surface area (Å²) in [5.41, 5.74) is 3.78. The Bertz CT molecular complexity index is 1120. The van der Waals surface area contributed by atoms with E-state index < -0.39 is 0 Å². The van der Waals surface area contributed by atoms with Crippen LogP contribution in [0.4, 0.5) is 5.69 Å². The Morgan fingerprint density at radius 1 is 1.14 bits per heavy atom. The molecule has 1 saturated carbocycles. The van der Waals surface area contributed by atoms with Gasteiger partial charge in [-0.05, 0) is 55.5 Å². The molecule has 148 valence electrons. The van der Waals surface area contributed by atoms with Gasteiger partial charge in [-0.1, -0.05) is 12.1 Å². The maximum atomic E-state index is 5.55.